The van der Waals surface area contributed by atoms with Gasteiger partial charge in [0.2, 0.25) is 12.6 Å². The van der Waals surface area contributed by atoms with Crippen LogP contribution in [0.25, 0.3) is 33.6 Å². The zero-order valence-electron chi connectivity index (χ0n) is 30.5. The Morgan fingerprint density at radius 3 is 1.68 bits per heavy atom. The lowest BCUT2D eigenvalue weighted by Gasteiger charge is -2.28. The van der Waals surface area contributed by atoms with Crippen LogP contribution in [0.2, 0.25) is 0 Å². The molecule has 0 aliphatic carbocycles. The number of hydrogen-bond donors (Lipinski definition) is 2. The van der Waals surface area contributed by atoms with Crippen LogP contribution in [0.3, 0.4) is 0 Å². The molecule has 0 amide bonds. The van der Waals surface area contributed by atoms with E-state index in [0.717, 1.165) is 104 Å². The first-order valence-corrected chi connectivity index (χ1v) is 18.1. The third-order valence-electron chi connectivity index (χ3n) is 10.8. The van der Waals surface area contributed by atoms with E-state index < -0.39 is 0 Å². The minimum atomic E-state index is -0.223. The highest BCUT2D eigenvalue weighted by Gasteiger charge is 2.35. The minimum absolute atomic E-state index is 0.0967. The molecular weight excluding hydrogens is 624 g/mol. The second-order valence-corrected chi connectivity index (χ2v) is 14.6. The summed E-state index contributed by atoms with van der Waals surface area (Å²) in [6, 6.07) is 12.8. The number of aromatic amines is 2. The topological polar surface area (TPSA) is 104 Å². The molecule has 50 heavy (non-hydrogen) atoms. The van der Waals surface area contributed by atoms with Crippen molar-refractivity contribution in [1.29, 1.82) is 0 Å². The average Bonchev–Trinajstić information content (AvgIpc) is 3.94. The van der Waals surface area contributed by atoms with Gasteiger partial charge in [0.1, 0.15) is 11.6 Å². The van der Waals surface area contributed by atoms with Crippen molar-refractivity contribution in [2.75, 3.05) is 54.4 Å². The summed E-state index contributed by atoms with van der Waals surface area (Å²) in [5, 5.41) is 0. The van der Waals surface area contributed by atoms with Crippen LogP contribution in [0.15, 0.2) is 48.8 Å². The number of nitrogens with one attached hydrogen (secondary N) is 2. The molecule has 4 aromatic rings. The van der Waals surface area contributed by atoms with E-state index in [0.29, 0.717) is 0 Å². The highest BCUT2D eigenvalue weighted by atomic mass is 16.1. The predicted octanol–water partition coefficient (Wildman–Crippen LogP) is 5.88. The molecule has 0 spiro atoms. The summed E-state index contributed by atoms with van der Waals surface area (Å²) in [6.07, 6.45) is 14.0. The van der Waals surface area contributed by atoms with Crippen LogP contribution in [-0.2, 0) is 9.59 Å². The Morgan fingerprint density at radius 2 is 1.16 bits per heavy atom. The van der Waals surface area contributed by atoms with Gasteiger partial charge in [0.25, 0.3) is 0 Å². The Balaban J connectivity index is 1.15. The molecule has 2 aliphatic heterocycles. The van der Waals surface area contributed by atoms with Gasteiger partial charge in [-0.25, -0.2) is 9.97 Å². The molecule has 2 aliphatic rings. The standard InChI is InChI=1S/C40H52N8O2/c1-27-28(2)34(36-24-42-40(44-36)38-10-8-20-48(38)32(26-50)18-22-46(5)6)16-15-33(27)29-11-13-30(14-12-29)35-23-41-39(43-35)37-9-7-19-47(37)31(25-49)17-21-45(3)4/h11-16,23-24,31-32,37-38H,7-10,17-22H2,1-6H3,(H,41,43)(H,42,44)/t31-,32-,37-,38-/m0/s1. The number of imidazole rings is 2. The van der Waals surface area contributed by atoms with Crippen LogP contribution in [0.4, 0.5) is 0 Å². The number of aromatic nitrogens is 4. The van der Waals surface area contributed by atoms with Gasteiger partial charge < -0.3 is 19.8 Å². The summed E-state index contributed by atoms with van der Waals surface area (Å²) in [4.78, 5) is 49.3. The maximum absolute atomic E-state index is 11.9. The molecule has 10 nitrogen and oxygen atoms in total. The molecule has 4 heterocycles. The quantitative estimate of drug-likeness (QED) is 0.161. The molecule has 264 valence electrons. The van der Waals surface area contributed by atoms with Gasteiger partial charge in [-0.3, -0.25) is 19.4 Å². The summed E-state index contributed by atoms with van der Waals surface area (Å²) >= 11 is 0. The molecule has 2 aromatic heterocycles. The van der Waals surface area contributed by atoms with E-state index in [1.165, 1.54) is 16.7 Å². The van der Waals surface area contributed by atoms with E-state index in [9.17, 15) is 9.59 Å². The van der Waals surface area contributed by atoms with Crippen LogP contribution < -0.4 is 0 Å². The fraction of sp³-hybridized carbons (Fsp3) is 0.500. The molecule has 6 rings (SSSR count). The van der Waals surface area contributed by atoms with Crippen molar-refractivity contribution in [2.24, 2.45) is 0 Å². The Bertz CT molecular complexity index is 1740. The second kappa shape index (κ2) is 15.9. The Hall–Kier alpha value is -3.96. The van der Waals surface area contributed by atoms with E-state index >= 15 is 0 Å². The first-order valence-electron chi connectivity index (χ1n) is 18.1. The maximum atomic E-state index is 11.9. The fourth-order valence-electron chi connectivity index (χ4n) is 7.81. The van der Waals surface area contributed by atoms with Gasteiger partial charge in [-0.2, -0.15) is 0 Å². The molecular formula is C40H52N8O2. The maximum Gasteiger partial charge on any atom is 0.217 e. The Labute approximate surface area is 297 Å². The van der Waals surface area contributed by atoms with E-state index in [2.05, 4.69) is 92.4 Å². The molecule has 4 atom stereocenters. The number of likely N-dealkylation sites (tertiary alicyclic amines) is 2. The van der Waals surface area contributed by atoms with Gasteiger partial charge in [-0.1, -0.05) is 36.4 Å². The van der Waals surface area contributed by atoms with Crippen LogP contribution in [0.1, 0.15) is 73.4 Å². The monoisotopic (exact) mass is 676 g/mol. The third-order valence-corrected chi connectivity index (χ3v) is 10.8. The van der Waals surface area contributed by atoms with Crippen LogP contribution in [0.5, 0.6) is 0 Å². The summed E-state index contributed by atoms with van der Waals surface area (Å²) in [6.45, 7) is 7.84. The highest BCUT2D eigenvalue weighted by Crippen LogP contribution is 2.37. The molecule has 2 fully saturated rings. The SMILES string of the molecule is Cc1c(-c2ccc(-c3cnc([C@@H]4CCCN4[C@H]([C]=O)CCN(C)C)[nH]3)cc2)ccc(-c2cnc([C@@H]3CCCN3[C@H]([C]=O)CCN(C)C)[nH]2)c1C. The van der Waals surface area contributed by atoms with Crippen molar-refractivity contribution in [1.82, 2.24) is 39.5 Å². The summed E-state index contributed by atoms with van der Waals surface area (Å²) in [5.74, 6) is 1.84. The minimum Gasteiger partial charge on any atom is -0.341 e. The second-order valence-electron chi connectivity index (χ2n) is 14.6. The number of nitrogens with zero attached hydrogens (tertiary/aromatic N) is 6. The molecule has 2 saturated heterocycles. The molecule has 2 N–H and O–H groups in total. The molecule has 10 heteroatoms. The number of rotatable bonds is 15. The van der Waals surface area contributed by atoms with E-state index in [4.69, 9.17) is 9.97 Å². The fourth-order valence-corrected chi connectivity index (χ4v) is 7.81. The van der Waals surface area contributed by atoms with E-state index in [-0.39, 0.29) is 24.2 Å². The van der Waals surface area contributed by atoms with Crippen molar-refractivity contribution in [2.45, 2.75) is 76.5 Å². The molecule has 0 bridgehead atoms. The van der Waals surface area contributed by atoms with Crippen molar-refractivity contribution < 1.29 is 9.59 Å². The summed E-state index contributed by atoms with van der Waals surface area (Å²) < 4.78 is 0. The first-order chi connectivity index (χ1) is 24.2. The zero-order valence-corrected chi connectivity index (χ0v) is 30.5. The predicted molar refractivity (Wildman–Crippen MR) is 199 cm³/mol. The lowest BCUT2D eigenvalue weighted by molar-refractivity contribution is 0.195. The van der Waals surface area contributed by atoms with Crippen LogP contribution in [0, 0.1) is 13.8 Å². The van der Waals surface area contributed by atoms with Gasteiger partial charge in [0.15, 0.2) is 0 Å². The van der Waals surface area contributed by atoms with Crippen molar-refractivity contribution in [3.05, 3.63) is 71.6 Å². The summed E-state index contributed by atoms with van der Waals surface area (Å²) in [7, 11) is 8.14. The molecule has 2 aromatic carbocycles. The number of carbonyl (C=O) groups excluding carboxylic acids is 2. The normalized spacial score (nSPS) is 19.8. The lowest BCUT2D eigenvalue weighted by Crippen LogP contribution is -2.38. The van der Waals surface area contributed by atoms with Crippen LogP contribution >= 0.6 is 0 Å². The Kier molecular flexibility index (Phi) is 11.4. The van der Waals surface area contributed by atoms with E-state index in [1.54, 1.807) is 0 Å². The smallest absolute Gasteiger partial charge is 0.217 e. The molecule has 0 saturated carbocycles. The Morgan fingerprint density at radius 1 is 0.700 bits per heavy atom. The third kappa shape index (κ3) is 7.68. The summed E-state index contributed by atoms with van der Waals surface area (Å²) in [5.41, 5.74) is 9.00. The van der Waals surface area contributed by atoms with Gasteiger partial charge in [-0.15, -0.1) is 0 Å². The van der Waals surface area contributed by atoms with Crippen molar-refractivity contribution in [3.63, 3.8) is 0 Å². The van der Waals surface area contributed by atoms with Crippen molar-refractivity contribution >= 4 is 12.6 Å². The molecule has 2 radical (unpaired) electrons. The lowest BCUT2D eigenvalue weighted by atomic mass is 9.92. The van der Waals surface area contributed by atoms with E-state index in [1.807, 2.05) is 40.6 Å². The van der Waals surface area contributed by atoms with Gasteiger partial charge in [0, 0.05) is 5.56 Å². The van der Waals surface area contributed by atoms with Crippen molar-refractivity contribution in [3.8, 4) is 33.6 Å². The number of H-pyrrole nitrogens is 2. The average molecular weight is 677 g/mol. The molecule has 0 unspecified atom stereocenters. The largest absolute Gasteiger partial charge is 0.341 e. The van der Waals surface area contributed by atoms with Gasteiger partial charge in [0.05, 0.1) is 47.9 Å². The number of benzene rings is 2. The van der Waals surface area contributed by atoms with Gasteiger partial charge in [-0.05, 0) is 135 Å². The number of hydrogen-bond acceptors (Lipinski definition) is 8. The van der Waals surface area contributed by atoms with Crippen LogP contribution in [-0.4, -0.2) is 119 Å². The highest BCUT2D eigenvalue weighted by molar-refractivity contribution is 5.77. The van der Waals surface area contributed by atoms with Gasteiger partial charge >= 0.3 is 0 Å². The zero-order chi connectivity index (χ0) is 35.4. The first kappa shape index (κ1) is 35.9.